The van der Waals surface area contributed by atoms with E-state index in [0.29, 0.717) is 24.9 Å². The summed E-state index contributed by atoms with van der Waals surface area (Å²) in [5.74, 6) is 1.13. The molecular weight excluding hydrogens is 290 g/mol. The zero-order valence-electron chi connectivity index (χ0n) is 14.6. The van der Waals surface area contributed by atoms with Crippen LogP contribution in [0, 0.1) is 11.8 Å². The molecule has 0 aromatic carbocycles. The molecule has 0 saturated carbocycles. The molecule has 1 aliphatic carbocycles. The average Bonchev–Trinajstić information content (AvgIpc) is 2.47. The molecule has 1 heterocycles. The van der Waals surface area contributed by atoms with Gasteiger partial charge in [0, 0.05) is 18.4 Å². The lowest BCUT2D eigenvalue weighted by Crippen LogP contribution is -3.15. The zero-order valence-corrected chi connectivity index (χ0v) is 14.6. The normalized spacial score (nSPS) is 27.9. The van der Waals surface area contributed by atoms with Crippen LogP contribution in [0.3, 0.4) is 0 Å². The molecule has 3 atom stereocenters. The summed E-state index contributed by atoms with van der Waals surface area (Å²) in [6, 6.07) is -0.357. The third kappa shape index (κ3) is 6.73. The highest BCUT2D eigenvalue weighted by atomic mass is 16.2. The number of piperidine rings is 1. The summed E-state index contributed by atoms with van der Waals surface area (Å²) in [6.07, 6.45) is 9.27. The molecule has 0 spiro atoms. The largest absolute Gasteiger partial charge is 0.337 e. The van der Waals surface area contributed by atoms with Gasteiger partial charge in [0.2, 0.25) is 0 Å². The summed E-state index contributed by atoms with van der Waals surface area (Å²) >= 11 is 0. The first kappa shape index (κ1) is 18.0. The molecule has 3 N–H and O–H groups in total. The first-order valence-corrected chi connectivity index (χ1v) is 9.12. The molecule has 1 aliphatic heterocycles. The second kappa shape index (κ2) is 9.06. The molecule has 5 nitrogen and oxygen atoms in total. The van der Waals surface area contributed by atoms with Gasteiger partial charge in [-0.25, -0.2) is 4.79 Å². The monoisotopic (exact) mass is 322 g/mol. The number of urea groups is 1. The topological polar surface area (TPSA) is 62.6 Å². The van der Waals surface area contributed by atoms with Crippen LogP contribution in [0.4, 0.5) is 4.79 Å². The van der Waals surface area contributed by atoms with Crippen LogP contribution in [0.25, 0.3) is 0 Å². The van der Waals surface area contributed by atoms with Crippen molar-refractivity contribution >= 4 is 11.9 Å². The Hall–Kier alpha value is -1.36. The van der Waals surface area contributed by atoms with E-state index in [1.807, 2.05) is 0 Å². The lowest BCUT2D eigenvalue weighted by molar-refractivity contribution is -0.904. The first-order valence-electron chi connectivity index (χ1n) is 9.12. The van der Waals surface area contributed by atoms with Crippen molar-refractivity contribution in [3.63, 3.8) is 0 Å². The molecule has 3 amide bonds. The molecule has 1 fully saturated rings. The standard InChI is InChI=1S/C18H31N3O2/c1-14-10-15(2)12-21(11-14)13-17(22)20-18(23)19-9-8-16-6-4-3-5-7-16/h6,14-15H,3-5,7-13H2,1-2H3,(H2,19,20,22,23)/p+1/t14-,15+. The number of allylic oxidation sites excluding steroid dienone is 1. The molecule has 130 valence electrons. The Balaban J connectivity index is 1.62. The number of hydrogen-bond donors (Lipinski definition) is 3. The minimum absolute atomic E-state index is 0.171. The molecule has 1 saturated heterocycles. The van der Waals surface area contributed by atoms with Gasteiger partial charge >= 0.3 is 6.03 Å². The van der Waals surface area contributed by atoms with Crippen molar-refractivity contribution in [1.82, 2.24) is 10.6 Å². The molecular formula is C18H32N3O2+. The minimum Gasteiger partial charge on any atom is -0.337 e. The Labute approximate surface area is 139 Å². The molecule has 2 rings (SSSR count). The van der Waals surface area contributed by atoms with E-state index in [1.165, 1.54) is 29.7 Å². The Morgan fingerprint density at radius 3 is 2.61 bits per heavy atom. The highest BCUT2D eigenvalue weighted by Gasteiger charge is 2.27. The van der Waals surface area contributed by atoms with E-state index in [0.717, 1.165) is 32.4 Å². The van der Waals surface area contributed by atoms with E-state index >= 15 is 0 Å². The number of amides is 3. The van der Waals surface area contributed by atoms with Crippen LogP contribution in [-0.2, 0) is 4.79 Å². The Bertz CT molecular complexity index is 438. The number of quaternary nitrogens is 1. The fourth-order valence-electron chi connectivity index (χ4n) is 3.98. The fourth-order valence-corrected chi connectivity index (χ4v) is 3.98. The first-order chi connectivity index (χ1) is 11.0. The average molecular weight is 322 g/mol. The van der Waals surface area contributed by atoms with Gasteiger partial charge in [-0.1, -0.05) is 25.5 Å². The van der Waals surface area contributed by atoms with Gasteiger partial charge in [-0.3, -0.25) is 10.1 Å². The van der Waals surface area contributed by atoms with Gasteiger partial charge in [-0.15, -0.1) is 0 Å². The summed E-state index contributed by atoms with van der Waals surface area (Å²) in [5.41, 5.74) is 1.43. The van der Waals surface area contributed by atoms with Gasteiger partial charge in [0.05, 0.1) is 13.1 Å². The highest BCUT2D eigenvalue weighted by molar-refractivity contribution is 5.94. The van der Waals surface area contributed by atoms with E-state index < -0.39 is 0 Å². The minimum atomic E-state index is -0.357. The highest BCUT2D eigenvalue weighted by Crippen LogP contribution is 2.19. The SMILES string of the molecule is C[C@@H]1C[C@H](C)C[NH+](CC(=O)NC(=O)NCCC2=CCCCC2)C1. The predicted octanol–water partition coefficient (Wildman–Crippen LogP) is 1.26. The maximum atomic E-state index is 12.0. The molecule has 2 aliphatic rings. The molecule has 0 radical (unpaired) electrons. The molecule has 0 aromatic heterocycles. The molecule has 0 aromatic rings. The van der Waals surface area contributed by atoms with Crippen LogP contribution in [0.1, 0.15) is 52.4 Å². The van der Waals surface area contributed by atoms with Crippen LogP contribution in [0.15, 0.2) is 11.6 Å². The number of carbonyl (C=O) groups is 2. The zero-order chi connectivity index (χ0) is 16.7. The van der Waals surface area contributed by atoms with Crippen LogP contribution in [0.5, 0.6) is 0 Å². The summed E-state index contributed by atoms with van der Waals surface area (Å²) in [5, 5.41) is 5.26. The molecule has 0 bridgehead atoms. The van der Waals surface area contributed by atoms with Gasteiger partial charge < -0.3 is 10.2 Å². The van der Waals surface area contributed by atoms with Gasteiger partial charge in [-0.2, -0.15) is 0 Å². The summed E-state index contributed by atoms with van der Waals surface area (Å²) in [6.45, 7) is 7.52. The van der Waals surface area contributed by atoms with E-state index in [2.05, 4.69) is 30.6 Å². The number of imide groups is 1. The van der Waals surface area contributed by atoms with Gasteiger partial charge in [-0.05, 0) is 38.5 Å². The van der Waals surface area contributed by atoms with Crippen molar-refractivity contribution in [2.45, 2.75) is 52.4 Å². The second-order valence-corrected chi connectivity index (χ2v) is 7.44. The van der Waals surface area contributed by atoms with Crippen LogP contribution in [0.2, 0.25) is 0 Å². The van der Waals surface area contributed by atoms with Gasteiger partial charge in [0.1, 0.15) is 0 Å². The van der Waals surface area contributed by atoms with E-state index in [9.17, 15) is 9.59 Å². The molecule has 5 heteroatoms. The number of carbonyl (C=O) groups excluding carboxylic acids is 2. The predicted molar refractivity (Wildman–Crippen MR) is 91.2 cm³/mol. The van der Waals surface area contributed by atoms with Crippen molar-refractivity contribution in [3.05, 3.63) is 11.6 Å². The summed E-state index contributed by atoms with van der Waals surface area (Å²) in [7, 11) is 0. The maximum absolute atomic E-state index is 12.0. The maximum Gasteiger partial charge on any atom is 0.321 e. The number of likely N-dealkylation sites (tertiary alicyclic amines) is 1. The Kier molecular flexibility index (Phi) is 7.09. The number of rotatable bonds is 5. The molecule has 1 unspecified atom stereocenters. The Morgan fingerprint density at radius 1 is 1.22 bits per heavy atom. The fraction of sp³-hybridized carbons (Fsp3) is 0.778. The lowest BCUT2D eigenvalue weighted by Gasteiger charge is -2.31. The Morgan fingerprint density at radius 2 is 1.96 bits per heavy atom. The van der Waals surface area contributed by atoms with E-state index in [-0.39, 0.29) is 11.9 Å². The van der Waals surface area contributed by atoms with Gasteiger partial charge in [0.25, 0.3) is 5.91 Å². The van der Waals surface area contributed by atoms with Gasteiger partial charge in [0.15, 0.2) is 6.54 Å². The summed E-state index contributed by atoms with van der Waals surface area (Å²) in [4.78, 5) is 25.1. The quantitative estimate of drug-likeness (QED) is 0.668. The van der Waals surface area contributed by atoms with Crippen LogP contribution < -0.4 is 15.5 Å². The van der Waals surface area contributed by atoms with E-state index in [1.54, 1.807) is 0 Å². The van der Waals surface area contributed by atoms with Crippen molar-refractivity contribution in [2.75, 3.05) is 26.2 Å². The van der Waals surface area contributed by atoms with Crippen molar-refractivity contribution in [3.8, 4) is 0 Å². The van der Waals surface area contributed by atoms with Crippen molar-refractivity contribution in [1.29, 1.82) is 0 Å². The third-order valence-corrected chi connectivity index (χ3v) is 4.86. The van der Waals surface area contributed by atoms with E-state index in [4.69, 9.17) is 0 Å². The van der Waals surface area contributed by atoms with Crippen LogP contribution in [-0.4, -0.2) is 38.1 Å². The van der Waals surface area contributed by atoms with Crippen LogP contribution >= 0.6 is 0 Å². The summed E-state index contributed by atoms with van der Waals surface area (Å²) < 4.78 is 0. The number of hydrogen-bond acceptors (Lipinski definition) is 2. The molecule has 23 heavy (non-hydrogen) atoms. The van der Waals surface area contributed by atoms with Crippen molar-refractivity contribution in [2.24, 2.45) is 11.8 Å². The van der Waals surface area contributed by atoms with Crippen molar-refractivity contribution < 1.29 is 14.5 Å². The lowest BCUT2D eigenvalue weighted by atomic mass is 9.92. The third-order valence-electron chi connectivity index (χ3n) is 4.86. The smallest absolute Gasteiger partial charge is 0.321 e. The number of nitrogens with one attached hydrogen (secondary N) is 3. The second-order valence-electron chi connectivity index (χ2n) is 7.44.